The molecule has 1 aliphatic rings. The summed E-state index contributed by atoms with van der Waals surface area (Å²) >= 11 is 1.60. The molecule has 0 saturated carbocycles. The predicted molar refractivity (Wildman–Crippen MR) is 119 cm³/mol. The number of fused-ring (bicyclic) bond motifs is 1. The van der Waals surface area contributed by atoms with Crippen molar-refractivity contribution in [2.24, 2.45) is 0 Å². The second kappa shape index (κ2) is 9.03. The third-order valence-corrected chi connectivity index (χ3v) is 6.59. The third-order valence-electron chi connectivity index (χ3n) is 5.55. The fourth-order valence-corrected chi connectivity index (χ4v) is 4.66. The molecule has 0 radical (unpaired) electrons. The predicted octanol–water partition coefficient (Wildman–Crippen LogP) is 3.82. The molecule has 4 rings (SSSR count). The molecule has 0 atom stereocenters. The number of benzene rings is 2. The lowest BCUT2D eigenvalue weighted by Crippen LogP contribution is -2.43. The Morgan fingerprint density at radius 3 is 2.66 bits per heavy atom. The summed E-state index contributed by atoms with van der Waals surface area (Å²) in [5.41, 5.74) is 4.45. The lowest BCUT2D eigenvalue weighted by atomic mass is 10.1. The van der Waals surface area contributed by atoms with Crippen LogP contribution >= 0.6 is 11.3 Å². The van der Waals surface area contributed by atoms with E-state index < -0.39 is 0 Å². The van der Waals surface area contributed by atoms with E-state index in [0.717, 1.165) is 53.8 Å². The minimum atomic E-state index is 0.0953. The fraction of sp³-hybridized carbons (Fsp3) is 0.391. The number of aromatic nitrogens is 1. The van der Waals surface area contributed by atoms with Gasteiger partial charge in [0.1, 0.15) is 0 Å². The Balaban J connectivity index is 1.60. The van der Waals surface area contributed by atoms with E-state index in [1.807, 2.05) is 35.2 Å². The molecule has 0 N–H and O–H groups in total. The van der Waals surface area contributed by atoms with Gasteiger partial charge in [0.2, 0.25) is 5.91 Å². The third kappa shape index (κ3) is 4.66. The monoisotopic (exact) mass is 409 g/mol. The van der Waals surface area contributed by atoms with E-state index >= 15 is 0 Å². The highest BCUT2D eigenvalue weighted by atomic mass is 32.1. The van der Waals surface area contributed by atoms with Gasteiger partial charge in [-0.3, -0.25) is 14.6 Å². The molecule has 152 valence electrons. The first kappa shape index (κ1) is 20.0. The Morgan fingerprint density at radius 1 is 1.14 bits per heavy atom. The number of anilines is 1. The summed E-state index contributed by atoms with van der Waals surface area (Å²) in [7, 11) is 0. The van der Waals surface area contributed by atoms with E-state index in [2.05, 4.69) is 30.9 Å². The molecule has 2 heterocycles. The lowest BCUT2D eigenvalue weighted by molar-refractivity contribution is -0.118. The molecule has 0 aliphatic carbocycles. The van der Waals surface area contributed by atoms with Gasteiger partial charge in [-0.25, -0.2) is 4.98 Å². The molecule has 0 spiro atoms. The number of carbonyl (C=O) groups is 1. The van der Waals surface area contributed by atoms with Crippen molar-refractivity contribution in [2.75, 3.05) is 44.3 Å². The first-order chi connectivity index (χ1) is 14.1. The molecule has 29 heavy (non-hydrogen) atoms. The Labute approximate surface area is 175 Å². The summed E-state index contributed by atoms with van der Waals surface area (Å²) in [6.07, 6.45) is 0.387. The van der Waals surface area contributed by atoms with Crippen molar-refractivity contribution in [3.05, 3.63) is 59.2 Å². The normalized spacial score (nSPS) is 15.0. The van der Waals surface area contributed by atoms with Crippen molar-refractivity contribution in [1.82, 2.24) is 9.88 Å². The Kier molecular flexibility index (Phi) is 6.23. The maximum atomic E-state index is 13.3. The molecule has 1 amide bonds. The first-order valence-electron chi connectivity index (χ1n) is 10.1. The van der Waals surface area contributed by atoms with Gasteiger partial charge in [-0.05, 0) is 36.6 Å². The maximum Gasteiger partial charge on any atom is 0.233 e. The van der Waals surface area contributed by atoms with Crippen LogP contribution in [0.25, 0.3) is 10.2 Å². The number of hydrogen-bond acceptors (Lipinski definition) is 5. The zero-order valence-corrected chi connectivity index (χ0v) is 17.9. The average Bonchev–Trinajstić information content (AvgIpc) is 3.17. The van der Waals surface area contributed by atoms with Gasteiger partial charge < -0.3 is 4.74 Å². The maximum absolute atomic E-state index is 13.3. The number of aryl methyl sites for hydroxylation is 2. The first-order valence-corrected chi connectivity index (χ1v) is 10.9. The summed E-state index contributed by atoms with van der Waals surface area (Å²) in [5, 5.41) is 0.794. The Bertz CT molecular complexity index is 980. The fourth-order valence-electron chi connectivity index (χ4n) is 3.59. The number of ether oxygens (including phenoxy) is 1. The van der Waals surface area contributed by atoms with Gasteiger partial charge in [-0.1, -0.05) is 47.7 Å². The summed E-state index contributed by atoms with van der Waals surface area (Å²) in [6.45, 7) is 9.03. The zero-order valence-electron chi connectivity index (χ0n) is 17.1. The van der Waals surface area contributed by atoms with E-state index in [0.29, 0.717) is 13.0 Å². The van der Waals surface area contributed by atoms with Crippen LogP contribution in [-0.2, 0) is 16.0 Å². The number of amides is 1. The summed E-state index contributed by atoms with van der Waals surface area (Å²) in [6, 6.07) is 14.2. The quantitative estimate of drug-likeness (QED) is 0.621. The van der Waals surface area contributed by atoms with Crippen LogP contribution in [-0.4, -0.2) is 55.2 Å². The van der Waals surface area contributed by atoms with Crippen LogP contribution in [0.5, 0.6) is 0 Å². The summed E-state index contributed by atoms with van der Waals surface area (Å²) in [4.78, 5) is 22.4. The topological polar surface area (TPSA) is 45.7 Å². The molecule has 5 nitrogen and oxygen atoms in total. The number of morpholine rings is 1. The van der Waals surface area contributed by atoms with E-state index in [9.17, 15) is 4.79 Å². The largest absolute Gasteiger partial charge is 0.379 e. The van der Waals surface area contributed by atoms with Crippen LogP contribution < -0.4 is 4.90 Å². The van der Waals surface area contributed by atoms with Crippen molar-refractivity contribution < 1.29 is 9.53 Å². The van der Waals surface area contributed by atoms with Crippen molar-refractivity contribution >= 4 is 32.6 Å². The van der Waals surface area contributed by atoms with E-state index in [4.69, 9.17) is 9.72 Å². The smallest absolute Gasteiger partial charge is 0.233 e. The number of nitrogens with zero attached hydrogens (tertiary/aromatic N) is 3. The van der Waals surface area contributed by atoms with Gasteiger partial charge in [0.15, 0.2) is 5.13 Å². The van der Waals surface area contributed by atoms with Gasteiger partial charge in [-0.2, -0.15) is 0 Å². The van der Waals surface area contributed by atoms with E-state index in [-0.39, 0.29) is 5.91 Å². The van der Waals surface area contributed by atoms with Crippen molar-refractivity contribution in [3.63, 3.8) is 0 Å². The van der Waals surface area contributed by atoms with Gasteiger partial charge in [0, 0.05) is 26.2 Å². The van der Waals surface area contributed by atoms with Crippen LogP contribution in [0.2, 0.25) is 0 Å². The standard InChI is InChI=1S/C23H27N3O2S/c1-17-8-9-20-22(18(17)2)24-23(29-20)26(11-10-25-12-14-28-15-13-25)21(27)16-19-6-4-3-5-7-19/h3-9H,10-16H2,1-2H3. The molecule has 6 heteroatoms. The summed E-state index contributed by atoms with van der Waals surface area (Å²) in [5.74, 6) is 0.0953. The minimum Gasteiger partial charge on any atom is -0.379 e. The zero-order chi connectivity index (χ0) is 20.2. The van der Waals surface area contributed by atoms with Crippen LogP contribution in [0.4, 0.5) is 5.13 Å². The lowest BCUT2D eigenvalue weighted by Gasteiger charge is -2.29. The molecule has 2 aromatic carbocycles. The van der Waals surface area contributed by atoms with Gasteiger partial charge >= 0.3 is 0 Å². The SMILES string of the molecule is Cc1ccc2sc(N(CCN3CCOCC3)C(=O)Cc3ccccc3)nc2c1C. The van der Waals surface area contributed by atoms with Crippen molar-refractivity contribution in [3.8, 4) is 0 Å². The van der Waals surface area contributed by atoms with E-state index in [1.54, 1.807) is 11.3 Å². The van der Waals surface area contributed by atoms with Crippen LogP contribution in [0.3, 0.4) is 0 Å². The highest BCUT2D eigenvalue weighted by Gasteiger charge is 2.22. The highest BCUT2D eigenvalue weighted by Crippen LogP contribution is 2.32. The van der Waals surface area contributed by atoms with Gasteiger partial charge in [-0.15, -0.1) is 0 Å². The highest BCUT2D eigenvalue weighted by molar-refractivity contribution is 7.22. The van der Waals surface area contributed by atoms with Gasteiger partial charge in [0.05, 0.1) is 29.9 Å². The molecular weight excluding hydrogens is 382 g/mol. The molecule has 1 aromatic heterocycles. The van der Waals surface area contributed by atoms with Crippen LogP contribution in [0, 0.1) is 13.8 Å². The Morgan fingerprint density at radius 2 is 1.90 bits per heavy atom. The number of hydrogen-bond donors (Lipinski definition) is 0. The Hall–Kier alpha value is -2.28. The molecular formula is C23H27N3O2S. The minimum absolute atomic E-state index is 0.0953. The number of thiazole rings is 1. The van der Waals surface area contributed by atoms with E-state index in [1.165, 1.54) is 11.1 Å². The molecule has 0 unspecified atom stereocenters. The number of rotatable bonds is 6. The molecule has 1 aliphatic heterocycles. The van der Waals surface area contributed by atoms with Crippen LogP contribution in [0.15, 0.2) is 42.5 Å². The second-order valence-electron chi connectivity index (χ2n) is 7.51. The molecule has 3 aromatic rings. The second-order valence-corrected chi connectivity index (χ2v) is 8.52. The molecule has 0 bridgehead atoms. The van der Waals surface area contributed by atoms with Crippen molar-refractivity contribution in [2.45, 2.75) is 20.3 Å². The van der Waals surface area contributed by atoms with Gasteiger partial charge in [0.25, 0.3) is 0 Å². The van der Waals surface area contributed by atoms with Crippen LogP contribution in [0.1, 0.15) is 16.7 Å². The average molecular weight is 410 g/mol. The van der Waals surface area contributed by atoms with Crippen molar-refractivity contribution in [1.29, 1.82) is 0 Å². The summed E-state index contributed by atoms with van der Waals surface area (Å²) < 4.78 is 6.58. The molecule has 1 fully saturated rings. The molecule has 1 saturated heterocycles. The number of carbonyl (C=O) groups excluding carboxylic acids is 1.